The second-order valence-corrected chi connectivity index (χ2v) is 5.25. The molecule has 1 saturated heterocycles. The largest absolute Gasteiger partial charge is 0.339 e. The van der Waals surface area contributed by atoms with E-state index in [2.05, 4.69) is 21.8 Å². The second kappa shape index (κ2) is 4.28. The van der Waals surface area contributed by atoms with Gasteiger partial charge in [-0.3, -0.25) is 4.79 Å². The first-order valence-corrected chi connectivity index (χ1v) is 6.60. The number of fused-ring (bicyclic) bond motifs is 1. The van der Waals surface area contributed by atoms with Crippen molar-refractivity contribution < 1.29 is 0 Å². The number of pyridine rings is 1. The molecule has 2 N–H and O–H groups in total. The molecule has 0 aromatic carbocycles. The van der Waals surface area contributed by atoms with Crippen LogP contribution in [0.4, 0.5) is 0 Å². The number of nitrogens with zero attached hydrogens (tertiary/aromatic N) is 1. The van der Waals surface area contributed by atoms with Gasteiger partial charge in [0.15, 0.2) is 0 Å². The molecule has 2 aromatic heterocycles. The van der Waals surface area contributed by atoms with Crippen LogP contribution in [-0.2, 0) is 0 Å². The average molecular weight is 245 g/mol. The van der Waals surface area contributed by atoms with Crippen molar-refractivity contribution >= 4 is 10.9 Å². The van der Waals surface area contributed by atoms with Crippen molar-refractivity contribution in [3.8, 4) is 0 Å². The van der Waals surface area contributed by atoms with Gasteiger partial charge in [-0.05, 0) is 45.4 Å². The van der Waals surface area contributed by atoms with Gasteiger partial charge >= 0.3 is 0 Å². The van der Waals surface area contributed by atoms with Crippen LogP contribution in [0.2, 0.25) is 0 Å². The van der Waals surface area contributed by atoms with Gasteiger partial charge in [0.05, 0.1) is 0 Å². The summed E-state index contributed by atoms with van der Waals surface area (Å²) in [5.41, 5.74) is 1.72. The summed E-state index contributed by atoms with van der Waals surface area (Å²) in [5, 5.41) is 4.54. The summed E-state index contributed by atoms with van der Waals surface area (Å²) in [6, 6.07) is 4.85. The number of hydrogen-bond donors (Lipinski definition) is 2. The third-order valence-corrected chi connectivity index (χ3v) is 3.96. The maximum atomic E-state index is 12.1. The highest BCUT2D eigenvalue weighted by molar-refractivity contribution is 5.79. The maximum absolute atomic E-state index is 12.1. The standard InChI is InChI=1S/C14H19N3O/c1-9-8-11-5-7-17(13(11)14(18)16-9)10(2)12-4-3-6-15-12/h5,7-8,10,12,15H,3-4,6H2,1-2H3,(H,16,18)/t10-,12-/m0/s1. The van der Waals surface area contributed by atoms with Gasteiger partial charge in [0, 0.05) is 29.4 Å². The molecule has 2 atom stereocenters. The number of nitrogens with one attached hydrogen (secondary N) is 2. The van der Waals surface area contributed by atoms with Gasteiger partial charge in [0.2, 0.25) is 0 Å². The summed E-state index contributed by atoms with van der Waals surface area (Å²) in [6.07, 6.45) is 4.44. The van der Waals surface area contributed by atoms with Crippen LogP contribution in [0.15, 0.2) is 23.1 Å². The molecular weight excluding hydrogens is 226 g/mol. The first kappa shape index (κ1) is 11.5. The molecule has 96 valence electrons. The summed E-state index contributed by atoms with van der Waals surface area (Å²) < 4.78 is 2.11. The van der Waals surface area contributed by atoms with E-state index < -0.39 is 0 Å². The van der Waals surface area contributed by atoms with E-state index in [9.17, 15) is 4.79 Å². The van der Waals surface area contributed by atoms with E-state index in [-0.39, 0.29) is 5.56 Å². The van der Waals surface area contributed by atoms with Crippen LogP contribution in [0.25, 0.3) is 10.9 Å². The fourth-order valence-electron chi connectivity index (χ4n) is 2.99. The SMILES string of the molecule is Cc1cc2ccn([C@@H](C)[C@@H]3CCCN3)c2c(=O)[nH]1. The van der Waals surface area contributed by atoms with Crippen LogP contribution >= 0.6 is 0 Å². The Labute approximate surface area is 106 Å². The van der Waals surface area contributed by atoms with Gasteiger partial charge in [0.25, 0.3) is 5.56 Å². The van der Waals surface area contributed by atoms with Crippen molar-refractivity contribution in [2.24, 2.45) is 0 Å². The van der Waals surface area contributed by atoms with E-state index >= 15 is 0 Å². The summed E-state index contributed by atoms with van der Waals surface area (Å²) in [7, 11) is 0. The first-order chi connectivity index (χ1) is 8.66. The average Bonchev–Trinajstić information content (AvgIpc) is 2.96. The molecule has 0 bridgehead atoms. The van der Waals surface area contributed by atoms with Crippen molar-refractivity contribution in [3.63, 3.8) is 0 Å². The van der Waals surface area contributed by atoms with Crippen LogP contribution in [0.1, 0.15) is 31.5 Å². The molecule has 0 radical (unpaired) electrons. The minimum atomic E-state index is 0.0137. The molecule has 0 aliphatic carbocycles. The maximum Gasteiger partial charge on any atom is 0.272 e. The summed E-state index contributed by atoms with van der Waals surface area (Å²) in [5.74, 6) is 0. The minimum Gasteiger partial charge on any atom is -0.339 e. The smallest absolute Gasteiger partial charge is 0.272 e. The molecule has 4 heteroatoms. The third kappa shape index (κ3) is 1.77. The Kier molecular flexibility index (Phi) is 2.74. The van der Waals surface area contributed by atoms with Crippen molar-refractivity contribution in [1.29, 1.82) is 0 Å². The van der Waals surface area contributed by atoms with E-state index in [0.717, 1.165) is 23.1 Å². The number of rotatable bonds is 2. The number of aromatic nitrogens is 2. The van der Waals surface area contributed by atoms with Crippen LogP contribution in [0.3, 0.4) is 0 Å². The van der Waals surface area contributed by atoms with E-state index in [1.165, 1.54) is 12.8 Å². The Morgan fingerprint density at radius 1 is 1.50 bits per heavy atom. The lowest BCUT2D eigenvalue weighted by atomic mass is 10.1. The lowest BCUT2D eigenvalue weighted by Crippen LogP contribution is -2.31. The molecular formula is C14H19N3O. The van der Waals surface area contributed by atoms with Crippen molar-refractivity contribution in [3.05, 3.63) is 34.4 Å². The summed E-state index contributed by atoms with van der Waals surface area (Å²) in [6.45, 7) is 5.19. The van der Waals surface area contributed by atoms with E-state index in [4.69, 9.17) is 0 Å². The Morgan fingerprint density at radius 3 is 3.06 bits per heavy atom. The highest BCUT2D eigenvalue weighted by Crippen LogP contribution is 2.23. The second-order valence-electron chi connectivity index (χ2n) is 5.25. The van der Waals surface area contributed by atoms with Gasteiger partial charge in [-0.1, -0.05) is 0 Å². The molecule has 3 rings (SSSR count). The zero-order valence-corrected chi connectivity index (χ0v) is 10.9. The van der Waals surface area contributed by atoms with Crippen LogP contribution < -0.4 is 10.9 Å². The predicted octanol–water partition coefficient (Wildman–Crippen LogP) is 1.95. The normalized spacial score (nSPS) is 21.6. The molecule has 0 amide bonds. The van der Waals surface area contributed by atoms with Crippen molar-refractivity contribution in [1.82, 2.24) is 14.9 Å². The first-order valence-electron chi connectivity index (χ1n) is 6.60. The number of aromatic amines is 1. The van der Waals surface area contributed by atoms with Gasteiger partial charge in [-0.15, -0.1) is 0 Å². The lowest BCUT2D eigenvalue weighted by molar-refractivity contribution is 0.418. The van der Waals surface area contributed by atoms with Gasteiger partial charge in [-0.25, -0.2) is 0 Å². The van der Waals surface area contributed by atoms with Crippen molar-refractivity contribution in [2.75, 3.05) is 6.54 Å². The third-order valence-electron chi connectivity index (χ3n) is 3.96. The molecule has 18 heavy (non-hydrogen) atoms. The molecule has 1 aliphatic heterocycles. The van der Waals surface area contributed by atoms with Crippen LogP contribution in [0.5, 0.6) is 0 Å². The molecule has 0 saturated carbocycles. The van der Waals surface area contributed by atoms with Gasteiger partial charge in [0.1, 0.15) is 5.52 Å². The summed E-state index contributed by atoms with van der Waals surface area (Å²) in [4.78, 5) is 15.0. The summed E-state index contributed by atoms with van der Waals surface area (Å²) >= 11 is 0. The number of hydrogen-bond acceptors (Lipinski definition) is 2. The molecule has 3 heterocycles. The Bertz CT molecular complexity index is 619. The van der Waals surface area contributed by atoms with Crippen molar-refractivity contribution in [2.45, 2.75) is 38.8 Å². The molecule has 2 aromatic rings. The molecule has 1 aliphatic rings. The Morgan fingerprint density at radius 2 is 2.33 bits per heavy atom. The lowest BCUT2D eigenvalue weighted by Gasteiger charge is -2.22. The molecule has 0 unspecified atom stereocenters. The molecule has 4 nitrogen and oxygen atoms in total. The zero-order valence-electron chi connectivity index (χ0n) is 10.9. The predicted molar refractivity (Wildman–Crippen MR) is 73.0 cm³/mol. The van der Waals surface area contributed by atoms with E-state index in [1.807, 2.05) is 25.3 Å². The van der Waals surface area contributed by atoms with Crippen LogP contribution in [-0.4, -0.2) is 22.1 Å². The Balaban J connectivity index is 2.09. The topological polar surface area (TPSA) is 49.8 Å². The number of H-pyrrole nitrogens is 1. The zero-order chi connectivity index (χ0) is 12.7. The van der Waals surface area contributed by atoms with Gasteiger partial charge < -0.3 is 14.9 Å². The minimum absolute atomic E-state index is 0.0137. The number of aryl methyl sites for hydroxylation is 1. The van der Waals surface area contributed by atoms with Crippen LogP contribution in [0, 0.1) is 6.92 Å². The molecule has 0 spiro atoms. The fourth-order valence-corrected chi connectivity index (χ4v) is 2.99. The molecule has 1 fully saturated rings. The van der Waals surface area contributed by atoms with E-state index in [0.29, 0.717) is 12.1 Å². The highest BCUT2D eigenvalue weighted by Gasteiger charge is 2.23. The Hall–Kier alpha value is -1.55. The highest BCUT2D eigenvalue weighted by atomic mass is 16.1. The van der Waals surface area contributed by atoms with Gasteiger partial charge in [-0.2, -0.15) is 0 Å². The fraction of sp³-hybridized carbons (Fsp3) is 0.500. The van der Waals surface area contributed by atoms with E-state index in [1.54, 1.807) is 0 Å². The quantitative estimate of drug-likeness (QED) is 0.849. The monoisotopic (exact) mass is 245 g/mol.